The second-order valence-corrected chi connectivity index (χ2v) is 6.40. The Balaban J connectivity index is 2.06. The highest BCUT2D eigenvalue weighted by Crippen LogP contribution is 2.13. The van der Waals surface area contributed by atoms with E-state index in [1.54, 1.807) is 31.6 Å². The SMILES string of the molecule is CC(C)(C)OC(=O)Nc1cn(-c2ccc(I)cc2)nn1. The monoisotopic (exact) mass is 386 g/mol. The van der Waals surface area contributed by atoms with Crippen molar-refractivity contribution in [2.75, 3.05) is 5.32 Å². The molecule has 2 rings (SSSR count). The number of anilines is 1. The van der Waals surface area contributed by atoms with E-state index >= 15 is 0 Å². The molecule has 0 aliphatic rings. The number of aromatic nitrogens is 3. The van der Waals surface area contributed by atoms with Gasteiger partial charge in [0.25, 0.3) is 0 Å². The summed E-state index contributed by atoms with van der Waals surface area (Å²) in [4.78, 5) is 11.6. The Morgan fingerprint density at radius 3 is 2.55 bits per heavy atom. The van der Waals surface area contributed by atoms with Crippen LogP contribution in [0.3, 0.4) is 0 Å². The Labute approximate surface area is 130 Å². The van der Waals surface area contributed by atoms with Gasteiger partial charge in [0.05, 0.1) is 11.9 Å². The Morgan fingerprint density at radius 1 is 1.30 bits per heavy atom. The molecule has 0 unspecified atom stereocenters. The van der Waals surface area contributed by atoms with E-state index in [0.717, 1.165) is 9.26 Å². The summed E-state index contributed by atoms with van der Waals surface area (Å²) in [6, 6.07) is 7.79. The largest absolute Gasteiger partial charge is 0.444 e. The van der Waals surface area contributed by atoms with Crippen LogP contribution in [0.15, 0.2) is 30.5 Å². The van der Waals surface area contributed by atoms with Gasteiger partial charge in [0.2, 0.25) is 0 Å². The van der Waals surface area contributed by atoms with Crippen molar-refractivity contribution in [1.82, 2.24) is 15.0 Å². The third-order valence-electron chi connectivity index (χ3n) is 2.21. The van der Waals surface area contributed by atoms with Gasteiger partial charge in [-0.15, -0.1) is 5.10 Å². The molecule has 0 saturated heterocycles. The minimum Gasteiger partial charge on any atom is -0.444 e. The number of hydrogen-bond acceptors (Lipinski definition) is 4. The van der Waals surface area contributed by atoms with Gasteiger partial charge in [0.15, 0.2) is 5.82 Å². The highest BCUT2D eigenvalue weighted by atomic mass is 127. The van der Waals surface area contributed by atoms with Crippen LogP contribution in [0.5, 0.6) is 0 Å². The smallest absolute Gasteiger partial charge is 0.413 e. The number of amides is 1. The van der Waals surface area contributed by atoms with Crippen LogP contribution in [-0.4, -0.2) is 26.7 Å². The van der Waals surface area contributed by atoms with Crippen molar-refractivity contribution in [3.8, 4) is 5.69 Å². The number of rotatable bonds is 2. The molecule has 1 amide bonds. The average Bonchev–Trinajstić information content (AvgIpc) is 2.75. The first kappa shape index (κ1) is 14.8. The molecule has 106 valence electrons. The molecule has 0 saturated carbocycles. The third-order valence-corrected chi connectivity index (χ3v) is 2.93. The van der Waals surface area contributed by atoms with Gasteiger partial charge in [-0.05, 0) is 67.6 Å². The Kier molecular flexibility index (Phi) is 4.26. The summed E-state index contributed by atoms with van der Waals surface area (Å²) in [5.74, 6) is 0.345. The topological polar surface area (TPSA) is 69.0 Å². The molecule has 0 spiro atoms. The molecule has 0 atom stereocenters. The second-order valence-electron chi connectivity index (χ2n) is 5.15. The highest BCUT2D eigenvalue weighted by Gasteiger charge is 2.17. The zero-order chi connectivity index (χ0) is 14.8. The van der Waals surface area contributed by atoms with Crippen LogP contribution in [-0.2, 0) is 4.74 Å². The summed E-state index contributed by atoms with van der Waals surface area (Å²) in [5.41, 5.74) is 0.325. The van der Waals surface area contributed by atoms with Crippen LogP contribution in [0.2, 0.25) is 0 Å². The van der Waals surface area contributed by atoms with Gasteiger partial charge in [0, 0.05) is 3.57 Å². The third kappa shape index (κ3) is 4.19. The van der Waals surface area contributed by atoms with Crippen molar-refractivity contribution in [2.45, 2.75) is 26.4 Å². The quantitative estimate of drug-likeness (QED) is 0.805. The van der Waals surface area contributed by atoms with Crippen LogP contribution in [0.1, 0.15) is 20.8 Å². The van der Waals surface area contributed by atoms with Gasteiger partial charge in [0.1, 0.15) is 5.60 Å². The summed E-state index contributed by atoms with van der Waals surface area (Å²) < 4.78 is 7.87. The molecular formula is C13H15IN4O2. The average molecular weight is 386 g/mol. The maximum Gasteiger partial charge on any atom is 0.413 e. The number of nitrogens with zero attached hydrogens (tertiary/aromatic N) is 3. The van der Waals surface area contributed by atoms with Crippen LogP contribution >= 0.6 is 22.6 Å². The van der Waals surface area contributed by atoms with Crippen LogP contribution in [0.25, 0.3) is 5.69 Å². The van der Waals surface area contributed by atoms with Gasteiger partial charge in [-0.2, -0.15) is 0 Å². The summed E-state index contributed by atoms with van der Waals surface area (Å²) in [6.45, 7) is 5.40. The highest BCUT2D eigenvalue weighted by molar-refractivity contribution is 14.1. The van der Waals surface area contributed by atoms with Gasteiger partial charge in [-0.3, -0.25) is 5.32 Å². The van der Waals surface area contributed by atoms with Crippen LogP contribution in [0.4, 0.5) is 10.6 Å². The second kappa shape index (κ2) is 5.78. The minimum atomic E-state index is -0.549. The first-order valence-corrected chi connectivity index (χ1v) is 7.10. The van der Waals surface area contributed by atoms with Crippen LogP contribution in [0, 0.1) is 3.57 Å². The van der Waals surface area contributed by atoms with Crippen molar-refractivity contribution in [1.29, 1.82) is 0 Å². The van der Waals surface area contributed by atoms with Gasteiger partial charge >= 0.3 is 6.09 Å². The Hall–Kier alpha value is -1.64. The molecule has 0 aliphatic carbocycles. The molecule has 1 heterocycles. The molecule has 20 heavy (non-hydrogen) atoms. The minimum absolute atomic E-state index is 0.345. The Morgan fingerprint density at radius 2 is 1.95 bits per heavy atom. The number of carbonyl (C=O) groups is 1. The fourth-order valence-corrected chi connectivity index (χ4v) is 1.81. The molecule has 2 aromatic rings. The molecule has 1 aromatic carbocycles. The maximum atomic E-state index is 11.6. The summed E-state index contributed by atoms with van der Waals surface area (Å²) in [6.07, 6.45) is 1.08. The number of halogens is 1. The van der Waals surface area contributed by atoms with Crippen molar-refractivity contribution < 1.29 is 9.53 Å². The van der Waals surface area contributed by atoms with Gasteiger partial charge in [-0.25, -0.2) is 9.48 Å². The van der Waals surface area contributed by atoms with E-state index in [1.165, 1.54) is 0 Å². The normalized spacial score (nSPS) is 11.2. The summed E-state index contributed by atoms with van der Waals surface area (Å²) >= 11 is 2.23. The zero-order valence-corrected chi connectivity index (χ0v) is 13.6. The molecule has 6 nitrogen and oxygen atoms in total. The molecule has 7 heteroatoms. The van der Waals surface area contributed by atoms with E-state index < -0.39 is 11.7 Å². The molecule has 0 radical (unpaired) electrons. The van der Waals surface area contributed by atoms with E-state index in [2.05, 4.69) is 38.2 Å². The molecule has 1 aromatic heterocycles. The lowest BCUT2D eigenvalue weighted by atomic mass is 10.2. The van der Waals surface area contributed by atoms with Crippen LogP contribution < -0.4 is 5.32 Å². The van der Waals surface area contributed by atoms with Gasteiger partial charge < -0.3 is 4.74 Å². The van der Waals surface area contributed by atoms with Crippen molar-refractivity contribution in [3.05, 3.63) is 34.0 Å². The van der Waals surface area contributed by atoms with E-state index in [4.69, 9.17) is 4.74 Å². The molecule has 0 aliphatic heterocycles. The predicted molar refractivity (Wildman–Crippen MR) is 83.9 cm³/mol. The summed E-state index contributed by atoms with van der Waals surface area (Å²) in [7, 11) is 0. The summed E-state index contributed by atoms with van der Waals surface area (Å²) in [5, 5.41) is 10.4. The maximum absolute atomic E-state index is 11.6. The number of hydrogen-bond donors (Lipinski definition) is 1. The Bertz CT molecular complexity index is 602. The molecular weight excluding hydrogens is 371 g/mol. The first-order valence-electron chi connectivity index (χ1n) is 6.02. The lowest BCUT2D eigenvalue weighted by molar-refractivity contribution is 0.0635. The number of benzene rings is 1. The predicted octanol–water partition coefficient (Wildman–Crippen LogP) is 3.22. The molecule has 1 N–H and O–H groups in total. The molecule has 0 fully saturated rings. The van der Waals surface area contributed by atoms with E-state index in [0.29, 0.717) is 5.82 Å². The fraction of sp³-hybridized carbons (Fsp3) is 0.308. The number of nitrogens with one attached hydrogen (secondary N) is 1. The lowest BCUT2D eigenvalue weighted by Crippen LogP contribution is -2.27. The standard InChI is InChI=1S/C13H15IN4O2/c1-13(2,3)20-12(19)15-11-8-18(17-16-11)10-6-4-9(14)5-7-10/h4-8H,1-3H3,(H,15,19). The number of ether oxygens (including phenoxy) is 1. The number of carbonyl (C=O) groups excluding carboxylic acids is 1. The fourth-order valence-electron chi connectivity index (χ4n) is 1.45. The van der Waals surface area contributed by atoms with E-state index in [9.17, 15) is 4.79 Å². The van der Waals surface area contributed by atoms with Crippen molar-refractivity contribution in [2.24, 2.45) is 0 Å². The first-order chi connectivity index (χ1) is 9.33. The van der Waals surface area contributed by atoms with E-state index in [1.807, 2.05) is 24.3 Å². The van der Waals surface area contributed by atoms with Gasteiger partial charge in [-0.1, -0.05) is 5.21 Å². The molecule has 0 bridgehead atoms. The van der Waals surface area contributed by atoms with E-state index in [-0.39, 0.29) is 0 Å². The zero-order valence-electron chi connectivity index (χ0n) is 11.4. The lowest BCUT2D eigenvalue weighted by Gasteiger charge is -2.18. The van der Waals surface area contributed by atoms with Crippen molar-refractivity contribution >= 4 is 34.5 Å². The van der Waals surface area contributed by atoms with Crippen molar-refractivity contribution in [3.63, 3.8) is 0 Å².